The maximum atomic E-state index is 11.2. The molecule has 0 aliphatic heterocycles. The van der Waals surface area contributed by atoms with Crippen LogP contribution in [0, 0.1) is 11.8 Å². The number of aromatic nitrogens is 4. The lowest BCUT2D eigenvalue weighted by molar-refractivity contribution is -0.152. The number of carbonyl (C=O) groups is 2. The first-order valence-corrected chi connectivity index (χ1v) is 8.17. The Morgan fingerprint density at radius 2 is 1.96 bits per heavy atom. The van der Waals surface area contributed by atoms with E-state index in [4.69, 9.17) is 26.8 Å². The van der Waals surface area contributed by atoms with Gasteiger partial charge in [-0.15, -0.1) is 0 Å². The summed E-state index contributed by atoms with van der Waals surface area (Å²) in [6, 6.07) is -0.0910. The van der Waals surface area contributed by atoms with Crippen molar-refractivity contribution < 1.29 is 19.1 Å². The number of nitrogen functional groups attached to an aromatic ring is 1. The van der Waals surface area contributed by atoms with E-state index in [9.17, 15) is 9.59 Å². The summed E-state index contributed by atoms with van der Waals surface area (Å²) in [6.45, 7) is 3.17. The number of nitrogens with zero attached hydrogens (tertiary/aromatic N) is 4. The number of ether oxygens (including phenoxy) is 2. The van der Waals surface area contributed by atoms with Crippen molar-refractivity contribution in [1.82, 2.24) is 19.5 Å². The highest BCUT2D eigenvalue weighted by Gasteiger charge is 2.45. The van der Waals surface area contributed by atoms with Gasteiger partial charge in [-0.05, 0) is 18.0 Å². The molecule has 0 radical (unpaired) electrons. The van der Waals surface area contributed by atoms with Gasteiger partial charge in [-0.3, -0.25) is 14.2 Å². The molecule has 1 aliphatic rings. The Morgan fingerprint density at radius 1 is 1.28 bits per heavy atom. The molecule has 1 fully saturated rings. The summed E-state index contributed by atoms with van der Waals surface area (Å²) >= 11 is 6.28. The number of imidazole rings is 1. The molecule has 2 N–H and O–H groups in total. The van der Waals surface area contributed by atoms with Crippen LogP contribution in [0.2, 0.25) is 5.28 Å². The van der Waals surface area contributed by atoms with Crippen LogP contribution >= 0.6 is 11.6 Å². The summed E-state index contributed by atoms with van der Waals surface area (Å²) in [7, 11) is 0. The minimum atomic E-state index is -0.370. The number of esters is 2. The van der Waals surface area contributed by atoms with Gasteiger partial charge in [-0.2, -0.15) is 4.98 Å². The van der Waals surface area contributed by atoms with E-state index in [1.54, 1.807) is 4.57 Å². The van der Waals surface area contributed by atoms with Crippen LogP contribution in [0.3, 0.4) is 0 Å². The Hall–Kier alpha value is -2.42. The molecule has 3 atom stereocenters. The van der Waals surface area contributed by atoms with Gasteiger partial charge in [0, 0.05) is 31.7 Å². The number of carbonyl (C=O) groups excluding carboxylic acids is 2. The number of nitrogens with two attached hydrogens (primary N) is 1. The standard InChI is InChI=1S/C15H18ClN5O4/c1-7(22)24-5-9-3-12(10(9)6-25-8(2)23)21-13-11(19-14(21)16)4-18-15(17)20-13/h4,9-10,12H,3,5-6H2,1-2H3,(H2,17,18,20)/t9-,10-,12-/m1/s1. The number of halogens is 1. The molecule has 2 heterocycles. The largest absolute Gasteiger partial charge is 0.466 e. The quantitative estimate of drug-likeness (QED) is 0.620. The van der Waals surface area contributed by atoms with E-state index in [0.29, 0.717) is 17.6 Å². The Kier molecular flexibility index (Phi) is 4.76. The first-order chi connectivity index (χ1) is 11.9. The van der Waals surface area contributed by atoms with Crippen LogP contribution in [0.5, 0.6) is 0 Å². The maximum absolute atomic E-state index is 11.2. The van der Waals surface area contributed by atoms with Crippen LogP contribution < -0.4 is 5.73 Å². The van der Waals surface area contributed by atoms with Gasteiger partial charge >= 0.3 is 11.9 Å². The van der Waals surface area contributed by atoms with E-state index in [1.165, 1.54) is 20.0 Å². The second-order valence-corrected chi connectivity index (χ2v) is 6.36. The molecule has 0 amide bonds. The molecule has 2 aromatic heterocycles. The maximum Gasteiger partial charge on any atom is 0.302 e. The Morgan fingerprint density at radius 3 is 2.64 bits per heavy atom. The topological polar surface area (TPSA) is 122 Å². The molecule has 0 bridgehead atoms. The van der Waals surface area contributed by atoms with Crippen LogP contribution in [0.15, 0.2) is 6.20 Å². The van der Waals surface area contributed by atoms with Gasteiger partial charge < -0.3 is 15.2 Å². The van der Waals surface area contributed by atoms with Crippen molar-refractivity contribution in [2.75, 3.05) is 18.9 Å². The first-order valence-electron chi connectivity index (χ1n) is 7.79. The van der Waals surface area contributed by atoms with E-state index in [0.717, 1.165) is 0 Å². The average Bonchev–Trinajstić information content (AvgIpc) is 2.81. The average molecular weight is 368 g/mol. The summed E-state index contributed by atoms with van der Waals surface area (Å²) in [6.07, 6.45) is 2.20. The van der Waals surface area contributed by atoms with Crippen molar-refractivity contribution in [3.8, 4) is 0 Å². The van der Waals surface area contributed by atoms with Gasteiger partial charge in [-0.1, -0.05) is 0 Å². The summed E-state index contributed by atoms with van der Waals surface area (Å²) in [5, 5.41) is 0.263. The molecule has 10 heteroatoms. The number of fused-ring (bicyclic) bond motifs is 1. The molecule has 0 unspecified atom stereocenters. The van der Waals surface area contributed by atoms with E-state index in [-0.39, 0.29) is 54.3 Å². The van der Waals surface area contributed by atoms with Gasteiger partial charge in [0.2, 0.25) is 11.2 Å². The third kappa shape index (κ3) is 3.51. The number of anilines is 1. The highest BCUT2D eigenvalue weighted by molar-refractivity contribution is 6.29. The van der Waals surface area contributed by atoms with Crippen molar-refractivity contribution >= 4 is 40.7 Å². The van der Waals surface area contributed by atoms with Gasteiger partial charge in [0.25, 0.3) is 0 Å². The van der Waals surface area contributed by atoms with Crippen LogP contribution in [0.1, 0.15) is 26.3 Å². The Labute approximate surface area is 148 Å². The summed E-state index contributed by atoms with van der Waals surface area (Å²) in [5.74, 6) is -0.612. The van der Waals surface area contributed by atoms with Gasteiger partial charge in [-0.25, -0.2) is 9.97 Å². The fourth-order valence-corrected chi connectivity index (χ4v) is 3.42. The molecule has 9 nitrogen and oxygen atoms in total. The van der Waals surface area contributed by atoms with E-state index in [1.807, 2.05) is 0 Å². The van der Waals surface area contributed by atoms with Gasteiger partial charge in [0.05, 0.1) is 19.4 Å². The zero-order valence-corrected chi connectivity index (χ0v) is 14.6. The van der Waals surface area contributed by atoms with Crippen molar-refractivity contribution in [2.45, 2.75) is 26.3 Å². The van der Waals surface area contributed by atoms with Gasteiger partial charge in [0.15, 0.2) is 5.65 Å². The molecule has 0 spiro atoms. The number of rotatable bonds is 5. The molecule has 1 saturated carbocycles. The summed E-state index contributed by atoms with van der Waals surface area (Å²) in [4.78, 5) is 34.6. The molecule has 25 heavy (non-hydrogen) atoms. The molecule has 0 saturated heterocycles. The van der Waals surface area contributed by atoms with E-state index in [2.05, 4.69) is 15.0 Å². The predicted octanol–water partition coefficient (Wildman–Crippen LogP) is 1.37. The molecular formula is C15H18ClN5O4. The third-order valence-corrected chi connectivity index (χ3v) is 4.63. The van der Waals surface area contributed by atoms with Crippen LogP contribution in [-0.4, -0.2) is 44.7 Å². The van der Waals surface area contributed by atoms with Crippen molar-refractivity contribution in [2.24, 2.45) is 11.8 Å². The molecule has 0 aromatic carbocycles. The van der Waals surface area contributed by atoms with E-state index < -0.39 is 0 Å². The van der Waals surface area contributed by atoms with Crippen LogP contribution in [0.4, 0.5) is 5.95 Å². The summed E-state index contributed by atoms with van der Waals surface area (Å²) in [5.41, 5.74) is 6.73. The van der Waals surface area contributed by atoms with Gasteiger partial charge in [0.1, 0.15) is 5.52 Å². The fourth-order valence-electron chi connectivity index (χ4n) is 3.12. The Bertz CT molecular complexity index is 824. The zero-order valence-electron chi connectivity index (χ0n) is 13.8. The van der Waals surface area contributed by atoms with Crippen LogP contribution in [-0.2, 0) is 19.1 Å². The fraction of sp³-hybridized carbons (Fsp3) is 0.533. The highest BCUT2D eigenvalue weighted by Crippen LogP contribution is 2.46. The zero-order chi connectivity index (χ0) is 18.1. The molecule has 3 rings (SSSR count). The van der Waals surface area contributed by atoms with Crippen molar-refractivity contribution in [3.63, 3.8) is 0 Å². The predicted molar refractivity (Wildman–Crippen MR) is 88.6 cm³/mol. The smallest absolute Gasteiger partial charge is 0.302 e. The molecular weight excluding hydrogens is 350 g/mol. The number of hydrogen-bond donors (Lipinski definition) is 1. The number of hydrogen-bond acceptors (Lipinski definition) is 8. The SMILES string of the molecule is CC(=O)OC[C@H]1C[C@@H](n2c(Cl)nc3cnc(N)nc32)[C@@H]1COC(C)=O. The normalized spacial score (nSPS) is 22.4. The highest BCUT2D eigenvalue weighted by atomic mass is 35.5. The monoisotopic (exact) mass is 367 g/mol. The van der Waals surface area contributed by atoms with Crippen molar-refractivity contribution in [1.29, 1.82) is 0 Å². The molecule has 2 aromatic rings. The Balaban J connectivity index is 1.87. The third-order valence-electron chi connectivity index (χ3n) is 4.36. The summed E-state index contributed by atoms with van der Waals surface area (Å²) < 4.78 is 12.0. The lowest BCUT2D eigenvalue weighted by atomic mass is 9.69. The molecule has 1 aliphatic carbocycles. The van der Waals surface area contributed by atoms with Crippen LogP contribution in [0.25, 0.3) is 11.2 Å². The van der Waals surface area contributed by atoms with Crippen molar-refractivity contribution in [3.05, 3.63) is 11.5 Å². The minimum Gasteiger partial charge on any atom is -0.466 e. The lowest BCUT2D eigenvalue weighted by Crippen LogP contribution is -2.44. The first kappa shape index (κ1) is 17.4. The molecule has 134 valence electrons. The second-order valence-electron chi connectivity index (χ2n) is 6.02. The lowest BCUT2D eigenvalue weighted by Gasteiger charge is -2.44. The second kappa shape index (κ2) is 6.83. The van der Waals surface area contributed by atoms with E-state index >= 15 is 0 Å². The minimum absolute atomic E-state index is 0.0564.